The van der Waals surface area contributed by atoms with Gasteiger partial charge in [0.2, 0.25) is 0 Å². The minimum absolute atomic E-state index is 0.0842. The SMILES string of the molecule is Cc1cc(Br)c(Cl)cc1C1=C(O)C2(CCCCCC2)OC1=O. The van der Waals surface area contributed by atoms with Crippen LogP contribution in [0.3, 0.4) is 0 Å². The second kappa shape index (κ2) is 5.89. The van der Waals surface area contributed by atoms with E-state index < -0.39 is 11.6 Å². The molecule has 0 radical (unpaired) electrons. The van der Waals surface area contributed by atoms with E-state index in [2.05, 4.69) is 15.9 Å². The van der Waals surface area contributed by atoms with Gasteiger partial charge in [0.1, 0.15) is 5.57 Å². The van der Waals surface area contributed by atoms with Crippen LogP contribution in [0.1, 0.15) is 49.7 Å². The average molecular weight is 386 g/mol. The van der Waals surface area contributed by atoms with Gasteiger partial charge < -0.3 is 9.84 Å². The van der Waals surface area contributed by atoms with E-state index in [1.165, 1.54) is 0 Å². The standard InChI is InChI=1S/C17H18BrClO3/c1-10-8-12(18)13(19)9-11(10)14-15(20)17(22-16(14)21)6-4-2-3-5-7-17/h8-9,20H,2-7H2,1H3. The number of benzene rings is 1. The molecule has 1 aromatic carbocycles. The maximum Gasteiger partial charge on any atom is 0.343 e. The fraction of sp³-hybridized carbons (Fsp3) is 0.471. The van der Waals surface area contributed by atoms with Crippen molar-refractivity contribution in [1.29, 1.82) is 0 Å². The number of aliphatic hydroxyl groups excluding tert-OH is 1. The molecule has 1 aliphatic heterocycles. The summed E-state index contributed by atoms with van der Waals surface area (Å²) in [5.41, 5.74) is 0.973. The minimum atomic E-state index is -0.824. The van der Waals surface area contributed by atoms with Crippen molar-refractivity contribution >= 4 is 39.1 Å². The summed E-state index contributed by atoms with van der Waals surface area (Å²) in [7, 11) is 0. The smallest absolute Gasteiger partial charge is 0.343 e. The van der Waals surface area contributed by atoms with Crippen molar-refractivity contribution in [2.24, 2.45) is 0 Å². The highest BCUT2D eigenvalue weighted by atomic mass is 79.9. The highest BCUT2D eigenvalue weighted by Crippen LogP contribution is 2.45. The molecule has 1 aromatic rings. The number of aliphatic hydroxyl groups is 1. The maximum atomic E-state index is 12.4. The summed E-state index contributed by atoms with van der Waals surface area (Å²) in [6, 6.07) is 3.56. The Morgan fingerprint density at radius 2 is 1.86 bits per heavy atom. The van der Waals surface area contributed by atoms with E-state index in [9.17, 15) is 9.90 Å². The molecule has 118 valence electrons. The Morgan fingerprint density at radius 1 is 1.23 bits per heavy atom. The van der Waals surface area contributed by atoms with E-state index in [4.69, 9.17) is 16.3 Å². The van der Waals surface area contributed by atoms with E-state index in [0.29, 0.717) is 23.4 Å². The van der Waals surface area contributed by atoms with Gasteiger partial charge in [-0.05, 0) is 71.8 Å². The maximum absolute atomic E-state index is 12.4. The Bertz CT molecular complexity index is 658. The van der Waals surface area contributed by atoms with Crippen LogP contribution in [0.5, 0.6) is 0 Å². The van der Waals surface area contributed by atoms with E-state index in [0.717, 1.165) is 35.7 Å². The summed E-state index contributed by atoms with van der Waals surface area (Å²) in [6.45, 7) is 1.89. The number of hydrogen-bond donors (Lipinski definition) is 1. The van der Waals surface area contributed by atoms with Gasteiger partial charge in [-0.1, -0.05) is 24.4 Å². The zero-order chi connectivity index (χ0) is 15.9. The third-order valence-electron chi connectivity index (χ3n) is 4.61. The van der Waals surface area contributed by atoms with Gasteiger partial charge in [-0.15, -0.1) is 0 Å². The Labute approximate surface area is 143 Å². The average Bonchev–Trinajstić information content (AvgIpc) is 2.64. The second-order valence-electron chi connectivity index (χ2n) is 6.10. The predicted molar refractivity (Wildman–Crippen MR) is 90.0 cm³/mol. The Kier molecular flexibility index (Phi) is 4.25. The van der Waals surface area contributed by atoms with Gasteiger partial charge in [0, 0.05) is 4.47 Å². The van der Waals surface area contributed by atoms with Crippen LogP contribution in [0, 0.1) is 6.92 Å². The molecule has 1 spiro atoms. The van der Waals surface area contributed by atoms with E-state index in [1.54, 1.807) is 6.07 Å². The van der Waals surface area contributed by atoms with Gasteiger partial charge in [-0.3, -0.25) is 0 Å². The summed E-state index contributed by atoms with van der Waals surface area (Å²) < 4.78 is 6.43. The monoisotopic (exact) mass is 384 g/mol. The molecule has 1 fully saturated rings. The molecule has 5 heteroatoms. The first-order valence-corrected chi connectivity index (χ1v) is 8.75. The molecule has 1 N–H and O–H groups in total. The fourth-order valence-electron chi connectivity index (χ4n) is 3.39. The number of carbonyl (C=O) groups excluding carboxylic acids is 1. The number of ether oxygens (including phenoxy) is 1. The molecule has 1 saturated carbocycles. The molecule has 1 heterocycles. The first-order valence-electron chi connectivity index (χ1n) is 7.58. The van der Waals surface area contributed by atoms with Crippen LogP contribution < -0.4 is 0 Å². The van der Waals surface area contributed by atoms with E-state index >= 15 is 0 Å². The van der Waals surface area contributed by atoms with Crippen molar-refractivity contribution in [3.63, 3.8) is 0 Å². The van der Waals surface area contributed by atoms with Crippen molar-refractivity contribution in [2.75, 3.05) is 0 Å². The van der Waals surface area contributed by atoms with Crippen molar-refractivity contribution in [3.8, 4) is 0 Å². The molecular weight excluding hydrogens is 368 g/mol. The summed E-state index contributed by atoms with van der Waals surface area (Å²) >= 11 is 9.53. The molecule has 0 bridgehead atoms. The van der Waals surface area contributed by atoms with E-state index in [-0.39, 0.29) is 11.3 Å². The van der Waals surface area contributed by atoms with Crippen LogP contribution in [0.25, 0.3) is 5.57 Å². The molecule has 0 amide bonds. The van der Waals surface area contributed by atoms with Gasteiger partial charge in [0.05, 0.1) is 5.02 Å². The van der Waals surface area contributed by atoms with Crippen LogP contribution in [-0.4, -0.2) is 16.7 Å². The molecule has 22 heavy (non-hydrogen) atoms. The highest BCUT2D eigenvalue weighted by molar-refractivity contribution is 9.10. The fourth-order valence-corrected chi connectivity index (χ4v) is 4.01. The first kappa shape index (κ1) is 15.9. The van der Waals surface area contributed by atoms with Crippen LogP contribution in [0.15, 0.2) is 22.4 Å². The highest BCUT2D eigenvalue weighted by Gasteiger charge is 2.48. The zero-order valence-corrected chi connectivity index (χ0v) is 14.8. The molecule has 2 aliphatic rings. The van der Waals surface area contributed by atoms with Gasteiger partial charge in [-0.25, -0.2) is 4.79 Å². The summed E-state index contributed by atoms with van der Waals surface area (Å²) in [5.74, 6) is -0.359. The number of carbonyl (C=O) groups is 1. The summed E-state index contributed by atoms with van der Waals surface area (Å²) in [5, 5.41) is 11.3. The zero-order valence-electron chi connectivity index (χ0n) is 12.4. The number of esters is 1. The lowest BCUT2D eigenvalue weighted by Gasteiger charge is -2.26. The van der Waals surface area contributed by atoms with Gasteiger partial charge in [0.15, 0.2) is 11.4 Å². The molecule has 0 saturated heterocycles. The largest absolute Gasteiger partial charge is 0.507 e. The molecule has 0 unspecified atom stereocenters. The van der Waals surface area contributed by atoms with Crippen molar-refractivity contribution in [2.45, 2.75) is 51.0 Å². The molecule has 1 aliphatic carbocycles. The lowest BCUT2D eigenvalue weighted by Crippen LogP contribution is -2.31. The van der Waals surface area contributed by atoms with Crippen LogP contribution in [-0.2, 0) is 9.53 Å². The van der Waals surface area contributed by atoms with Gasteiger partial charge >= 0.3 is 5.97 Å². The van der Waals surface area contributed by atoms with Crippen LogP contribution in [0.2, 0.25) is 5.02 Å². The van der Waals surface area contributed by atoms with Gasteiger partial charge in [0.25, 0.3) is 0 Å². The minimum Gasteiger partial charge on any atom is -0.507 e. The summed E-state index contributed by atoms with van der Waals surface area (Å²) in [6.07, 6.45) is 5.54. The van der Waals surface area contributed by atoms with Gasteiger partial charge in [-0.2, -0.15) is 0 Å². The Hall–Kier alpha value is -1.00. The van der Waals surface area contributed by atoms with Crippen molar-refractivity contribution in [1.82, 2.24) is 0 Å². The van der Waals surface area contributed by atoms with Crippen LogP contribution >= 0.6 is 27.5 Å². The van der Waals surface area contributed by atoms with Crippen molar-refractivity contribution in [3.05, 3.63) is 38.5 Å². The molecule has 3 rings (SSSR count). The normalized spacial score (nSPS) is 21.1. The molecule has 3 nitrogen and oxygen atoms in total. The van der Waals surface area contributed by atoms with Crippen LogP contribution in [0.4, 0.5) is 0 Å². The number of halogens is 2. The predicted octanol–water partition coefficient (Wildman–Crippen LogP) is 5.33. The first-order chi connectivity index (χ1) is 10.4. The van der Waals surface area contributed by atoms with E-state index in [1.807, 2.05) is 13.0 Å². The topological polar surface area (TPSA) is 46.5 Å². The Morgan fingerprint density at radius 3 is 2.50 bits per heavy atom. The Balaban J connectivity index is 2.11. The number of rotatable bonds is 1. The summed E-state index contributed by atoms with van der Waals surface area (Å²) in [4.78, 5) is 12.4. The third kappa shape index (κ3) is 2.56. The second-order valence-corrected chi connectivity index (χ2v) is 7.36. The lowest BCUT2D eigenvalue weighted by molar-refractivity contribution is -0.147. The molecule has 0 atom stereocenters. The quantitative estimate of drug-likeness (QED) is 0.665. The molecular formula is C17H18BrClO3. The van der Waals surface area contributed by atoms with Crippen molar-refractivity contribution < 1.29 is 14.6 Å². The molecule has 0 aromatic heterocycles. The third-order valence-corrected chi connectivity index (χ3v) is 5.81. The number of hydrogen-bond acceptors (Lipinski definition) is 3. The lowest BCUT2D eigenvalue weighted by atomic mass is 9.89. The number of aryl methyl sites for hydroxylation is 1.